The fraction of sp³-hybridized carbons (Fsp3) is 0.350. The second-order valence-corrected chi connectivity index (χ2v) is 7.18. The van der Waals surface area contributed by atoms with Gasteiger partial charge in [-0.1, -0.05) is 12.1 Å². The molecule has 0 atom stereocenters. The van der Waals surface area contributed by atoms with Crippen LogP contribution < -0.4 is 4.74 Å². The monoisotopic (exact) mass is 377 g/mol. The van der Waals surface area contributed by atoms with Crippen molar-refractivity contribution in [3.8, 4) is 5.75 Å². The lowest BCUT2D eigenvalue weighted by Crippen LogP contribution is -2.41. The lowest BCUT2D eigenvalue weighted by Gasteiger charge is -2.32. The van der Waals surface area contributed by atoms with Crippen LogP contribution in [0.5, 0.6) is 5.75 Å². The number of thioether (sulfide) groups is 1. The largest absolute Gasteiger partial charge is 0.490 e. The second kappa shape index (κ2) is 8.54. The SMILES string of the molecule is CSCc1ccc(C(=O)N2CCC(Oc3ccc(F)c(F)c3)CC2)cc1. The van der Waals surface area contributed by atoms with Crippen molar-refractivity contribution in [1.29, 1.82) is 0 Å². The Labute approximate surface area is 156 Å². The summed E-state index contributed by atoms with van der Waals surface area (Å²) in [5.41, 5.74) is 1.89. The van der Waals surface area contributed by atoms with E-state index in [2.05, 4.69) is 0 Å². The fourth-order valence-electron chi connectivity index (χ4n) is 3.01. The number of benzene rings is 2. The summed E-state index contributed by atoms with van der Waals surface area (Å²) in [6.45, 7) is 1.17. The smallest absolute Gasteiger partial charge is 0.253 e. The molecule has 0 unspecified atom stereocenters. The molecule has 0 aromatic heterocycles. The van der Waals surface area contributed by atoms with Crippen LogP contribution in [0, 0.1) is 11.6 Å². The van der Waals surface area contributed by atoms with Crippen molar-refractivity contribution in [2.45, 2.75) is 24.7 Å². The van der Waals surface area contributed by atoms with Crippen LogP contribution in [0.2, 0.25) is 0 Å². The number of nitrogens with zero attached hydrogens (tertiary/aromatic N) is 1. The summed E-state index contributed by atoms with van der Waals surface area (Å²) in [6.07, 6.45) is 3.27. The van der Waals surface area contributed by atoms with Gasteiger partial charge in [0.25, 0.3) is 5.91 Å². The van der Waals surface area contributed by atoms with E-state index < -0.39 is 11.6 Å². The maximum Gasteiger partial charge on any atom is 0.253 e. The maximum absolute atomic E-state index is 13.3. The van der Waals surface area contributed by atoms with Crippen LogP contribution in [0.1, 0.15) is 28.8 Å². The Bertz CT molecular complexity index is 759. The molecule has 1 fully saturated rings. The van der Waals surface area contributed by atoms with E-state index in [9.17, 15) is 13.6 Å². The minimum atomic E-state index is -0.917. The first-order chi connectivity index (χ1) is 12.6. The molecule has 3 rings (SSSR count). The van der Waals surface area contributed by atoms with Gasteiger partial charge in [0, 0.05) is 43.3 Å². The van der Waals surface area contributed by atoms with E-state index >= 15 is 0 Å². The molecule has 6 heteroatoms. The molecule has 1 amide bonds. The van der Waals surface area contributed by atoms with E-state index in [-0.39, 0.29) is 12.0 Å². The van der Waals surface area contributed by atoms with Gasteiger partial charge < -0.3 is 9.64 Å². The number of carbonyl (C=O) groups excluding carboxylic acids is 1. The topological polar surface area (TPSA) is 29.5 Å². The maximum atomic E-state index is 13.3. The predicted molar refractivity (Wildman–Crippen MR) is 99.6 cm³/mol. The quantitative estimate of drug-likeness (QED) is 0.768. The van der Waals surface area contributed by atoms with E-state index in [0.29, 0.717) is 37.2 Å². The zero-order chi connectivity index (χ0) is 18.5. The third kappa shape index (κ3) is 4.55. The third-order valence-corrected chi connectivity index (χ3v) is 5.06. The average molecular weight is 377 g/mol. The summed E-state index contributed by atoms with van der Waals surface area (Å²) in [7, 11) is 0. The molecule has 2 aromatic rings. The number of amides is 1. The van der Waals surface area contributed by atoms with Crippen molar-refractivity contribution >= 4 is 17.7 Å². The number of carbonyl (C=O) groups is 1. The average Bonchev–Trinajstić information content (AvgIpc) is 2.66. The first-order valence-corrected chi connectivity index (χ1v) is 9.95. The number of rotatable bonds is 5. The van der Waals surface area contributed by atoms with Crippen LogP contribution >= 0.6 is 11.8 Å². The van der Waals surface area contributed by atoms with Gasteiger partial charge in [-0.2, -0.15) is 11.8 Å². The molecule has 0 N–H and O–H groups in total. The molecular formula is C20H21F2NO2S. The molecule has 1 aliphatic heterocycles. The van der Waals surface area contributed by atoms with Gasteiger partial charge in [0.05, 0.1) is 0 Å². The highest BCUT2D eigenvalue weighted by Gasteiger charge is 2.25. The molecule has 138 valence electrons. The summed E-state index contributed by atoms with van der Waals surface area (Å²) in [6, 6.07) is 11.3. The molecule has 2 aromatic carbocycles. The van der Waals surface area contributed by atoms with E-state index in [1.54, 1.807) is 11.8 Å². The summed E-state index contributed by atoms with van der Waals surface area (Å²) in [5.74, 6) is -0.535. The Hall–Kier alpha value is -2.08. The molecule has 1 heterocycles. The first-order valence-electron chi connectivity index (χ1n) is 8.55. The highest BCUT2D eigenvalue weighted by molar-refractivity contribution is 7.97. The van der Waals surface area contributed by atoms with Crippen LogP contribution in [-0.4, -0.2) is 36.3 Å². The van der Waals surface area contributed by atoms with Crippen LogP contribution in [0.3, 0.4) is 0 Å². The standard InChI is InChI=1S/C20H21F2NO2S/c1-26-13-14-2-4-15(5-3-14)20(24)23-10-8-16(9-11-23)25-17-6-7-18(21)19(22)12-17/h2-7,12,16H,8-11,13H2,1H3. The van der Waals surface area contributed by atoms with Crippen LogP contribution in [-0.2, 0) is 5.75 Å². The van der Waals surface area contributed by atoms with Gasteiger partial charge in [0.2, 0.25) is 0 Å². The third-order valence-electron chi connectivity index (χ3n) is 4.43. The molecule has 1 saturated heterocycles. The zero-order valence-corrected chi connectivity index (χ0v) is 15.4. The van der Waals surface area contributed by atoms with Crippen molar-refractivity contribution in [3.63, 3.8) is 0 Å². The summed E-state index contributed by atoms with van der Waals surface area (Å²) in [5, 5.41) is 0. The van der Waals surface area contributed by atoms with Crippen molar-refractivity contribution in [2.75, 3.05) is 19.3 Å². The highest BCUT2D eigenvalue weighted by Crippen LogP contribution is 2.22. The minimum absolute atomic E-state index is 0.0204. The fourth-order valence-corrected chi connectivity index (χ4v) is 3.54. The zero-order valence-electron chi connectivity index (χ0n) is 14.6. The number of likely N-dealkylation sites (tertiary alicyclic amines) is 1. The minimum Gasteiger partial charge on any atom is -0.490 e. The molecule has 0 bridgehead atoms. The second-order valence-electron chi connectivity index (χ2n) is 6.32. The van der Waals surface area contributed by atoms with Gasteiger partial charge in [-0.25, -0.2) is 8.78 Å². The van der Waals surface area contributed by atoms with E-state index in [4.69, 9.17) is 4.74 Å². The van der Waals surface area contributed by atoms with E-state index in [0.717, 1.165) is 17.9 Å². The Kier molecular flexibility index (Phi) is 6.14. The van der Waals surface area contributed by atoms with Crippen LogP contribution in [0.4, 0.5) is 8.78 Å². The molecular weight excluding hydrogens is 356 g/mol. The number of piperidine rings is 1. The lowest BCUT2D eigenvalue weighted by atomic mass is 10.1. The number of halogens is 2. The normalized spacial score (nSPS) is 15.1. The van der Waals surface area contributed by atoms with Crippen molar-refractivity contribution in [2.24, 2.45) is 0 Å². The summed E-state index contributed by atoms with van der Waals surface area (Å²) in [4.78, 5) is 14.4. The Morgan fingerprint density at radius 1 is 1.12 bits per heavy atom. The van der Waals surface area contributed by atoms with Gasteiger partial charge in [-0.05, 0) is 36.1 Å². The van der Waals surface area contributed by atoms with Gasteiger partial charge >= 0.3 is 0 Å². The van der Waals surface area contributed by atoms with Crippen molar-refractivity contribution in [1.82, 2.24) is 4.90 Å². The van der Waals surface area contributed by atoms with E-state index in [1.807, 2.05) is 35.4 Å². The van der Waals surface area contributed by atoms with Gasteiger partial charge in [-0.3, -0.25) is 4.79 Å². The lowest BCUT2D eigenvalue weighted by molar-refractivity contribution is 0.0595. The Morgan fingerprint density at radius 2 is 1.81 bits per heavy atom. The van der Waals surface area contributed by atoms with Crippen molar-refractivity contribution in [3.05, 3.63) is 65.2 Å². The Balaban J connectivity index is 1.54. The van der Waals surface area contributed by atoms with E-state index in [1.165, 1.54) is 11.6 Å². The molecule has 1 aliphatic rings. The van der Waals surface area contributed by atoms with Crippen LogP contribution in [0.25, 0.3) is 0 Å². The first kappa shape index (κ1) is 18.7. The summed E-state index contributed by atoms with van der Waals surface area (Å²) < 4.78 is 31.9. The highest BCUT2D eigenvalue weighted by atomic mass is 32.2. The van der Waals surface area contributed by atoms with Crippen LogP contribution in [0.15, 0.2) is 42.5 Å². The Morgan fingerprint density at radius 3 is 2.42 bits per heavy atom. The number of hydrogen-bond acceptors (Lipinski definition) is 3. The molecule has 0 radical (unpaired) electrons. The number of hydrogen-bond donors (Lipinski definition) is 0. The van der Waals surface area contributed by atoms with Crippen molar-refractivity contribution < 1.29 is 18.3 Å². The van der Waals surface area contributed by atoms with Gasteiger partial charge in [0.15, 0.2) is 11.6 Å². The molecule has 26 heavy (non-hydrogen) atoms. The predicted octanol–water partition coefficient (Wildman–Crippen LogP) is 4.51. The molecule has 0 saturated carbocycles. The summed E-state index contributed by atoms with van der Waals surface area (Å²) >= 11 is 1.75. The molecule has 0 spiro atoms. The van der Waals surface area contributed by atoms with Gasteiger partial charge in [-0.15, -0.1) is 0 Å². The van der Waals surface area contributed by atoms with Gasteiger partial charge in [0.1, 0.15) is 11.9 Å². The molecule has 3 nitrogen and oxygen atoms in total. The molecule has 0 aliphatic carbocycles. The number of ether oxygens (including phenoxy) is 1.